The molecule has 0 aliphatic rings. The lowest BCUT2D eigenvalue weighted by Crippen LogP contribution is -2.46. The van der Waals surface area contributed by atoms with E-state index in [-0.39, 0.29) is 13.2 Å². The van der Waals surface area contributed by atoms with E-state index >= 15 is 0 Å². The van der Waals surface area contributed by atoms with Crippen molar-refractivity contribution in [1.29, 1.82) is 0 Å². The molecule has 0 aromatic heterocycles. The lowest BCUT2D eigenvalue weighted by atomic mass is 10.1. The summed E-state index contributed by atoms with van der Waals surface area (Å²) >= 11 is 0. The van der Waals surface area contributed by atoms with Gasteiger partial charge in [-0.1, -0.05) is 91.0 Å². The molecule has 0 aliphatic heterocycles. The summed E-state index contributed by atoms with van der Waals surface area (Å²) in [6.45, 7) is 0.471. The van der Waals surface area contributed by atoms with E-state index in [4.69, 9.17) is 14.2 Å². The summed E-state index contributed by atoms with van der Waals surface area (Å²) in [5.74, 6) is 0. The third-order valence-corrected chi connectivity index (χ3v) is 4.99. The maximum absolute atomic E-state index is 10.1. The van der Waals surface area contributed by atoms with Gasteiger partial charge in [0.15, 0.2) is 0 Å². The lowest BCUT2D eigenvalue weighted by Gasteiger charge is -2.32. The standard InChI is InChI=1S/C26H30O5/c27-16-24(29-18-21-10-4-1-5-11-21)26(31-20-23-14-8-3-9-15-23)25(17-28)30-19-22-12-6-2-7-13-22/h1-15,24-28H,16-20H2/t24-,25+,26-. The Morgan fingerprint density at radius 2 is 0.806 bits per heavy atom. The van der Waals surface area contributed by atoms with E-state index in [2.05, 4.69) is 0 Å². The molecule has 0 amide bonds. The molecule has 5 heteroatoms. The molecule has 3 rings (SSSR count). The minimum absolute atomic E-state index is 0.252. The fourth-order valence-corrected chi connectivity index (χ4v) is 3.28. The van der Waals surface area contributed by atoms with Crippen LogP contribution in [0.25, 0.3) is 0 Å². The van der Waals surface area contributed by atoms with Crippen molar-refractivity contribution in [2.45, 2.75) is 38.1 Å². The first-order chi connectivity index (χ1) is 15.3. The summed E-state index contributed by atoms with van der Waals surface area (Å²) < 4.78 is 18.1. The molecular formula is C26H30O5. The quantitative estimate of drug-likeness (QED) is 0.439. The Balaban J connectivity index is 1.70. The average Bonchev–Trinajstić information content (AvgIpc) is 2.84. The minimum atomic E-state index is -0.656. The van der Waals surface area contributed by atoms with Crippen molar-refractivity contribution in [2.75, 3.05) is 13.2 Å². The van der Waals surface area contributed by atoms with Crippen LogP contribution in [0.5, 0.6) is 0 Å². The predicted octanol–water partition coefficient (Wildman–Crippen LogP) is 3.73. The molecule has 5 nitrogen and oxygen atoms in total. The first-order valence-electron chi connectivity index (χ1n) is 10.5. The van der Waals surface area contributed by atoms with Crippen LogP contribution in [0.4, 0.5) is 0 Å². The van der Waals surface area contributed by atoms with Crippen LogP contribution in [-0.2, 0) is 34.0 Å². The summed E-state index contributed by atoms with van der Waals surface area (Å²) in [5.41, 5.74) is 2.98. The van der Waals surface area contributed by atoms with Crippen LogP contribution >= 0.6 is 0 Å². The number of benzene rings is 3. The van der Waals surface area contributed by atoms with E-state index < -0.39 is 18.3 Å². The number of hydrogen-bond donors (Lipinski definition) is 2. The Bertz CT molecular complexity index is 790. The van der Waals surface area contributed by atoms with Crippen molar-refractivity contribution in [2.24, 2.45) is 0 Å². The Morgan fingerprint density at radius 1 is 0.484 bits per heavy atom. The number of hydrogen-bond acceptors (Lipinski definition) is 5. The highest BCUT2D eigenvalue weighted by molar-refractivity contribution is 5.15. The predicted molar refractivity (Wildman–Crippen MR) is 119 cm³/mol. The first kappa shape index (κ1) is 23.1. The third-order valence-electron chi connectivity index (χ3n) is 4.99. The summed E-state index contributed by atoms with van der Waals surface area (Å²) in [6, 6.07) is 29.3. The second kappa shape index (κ2) is 13.0. The van der Waals surface area contributed by atoms with Gasteiger partial charge in [-0.2, -0.15) is 0 Å². The Kier molecular flexibility index (Phi) is 9.70. The van der Waals surface area contributed by atoms with E-state index in [1.807, 2.05) is 91.0 Å². The van der Waals surface area contributed by atoms with E-state index in [1.54, 1.807) is 0 Å². The summed E-state index contributed by atoms with van der Waals surface area (Å²) in [7, 11) is 0. The number of aliphatic hydroxyl groups is 2. The van der Waals surface area contributed by atoms with Gasteiger partial charge in [-0.25, -0.2) is 0 Å². The normalized spacial score (nSPS) is 14.1. The van der Waals surface area contributed by atoms with Crippen molar-refractivity contribution >= 4 is 0 Å². The smallest absolute Gasteiger partial charge is 0.115 e. The van der Waals surface area contributed by atoms with E-state index in [0.717, 1.165) is 16.7 Å². The fraction of sp³-hybridized carbons (Fsp3) is 0.308. The topological polar surface area (TPSA) is 68.2 Å². The highest BCUT2D eigenvalue weighted by atomic mass is 16.6. The monoisotopic (exact) mass is 422 g/mol. The summed E-state index contributed by atoms with van der Waals surface area (Å²) in [4.78, 5) is 0. The highest BCUT2D eigenvalue weighted by Gasteiger charge is 2.32. The Hall–Kier alpha value is -2.54. The van der Waals surface area contributed by atoms with Gasteiger partial charge >= 0.3 is 0 Å². The van der Waals surface area contributed by atoms with E-state index in [0.29, 0.717) is 19.8 Å². The van der Waals surface area contributed by atoms with Gasteiger partial charge in [-0.05, 0) is 16.7 Å². The molecule has 3 aromatic carbocycles. The second-order valence-electron chi connectivity index (χ2n) is 7.30. The number of rotatable bonds is 13. The average molecular weight is 423 g/mol. The van der Waals surface area contributed by atoms with Gasteiger partial charge in [0, 0.05) is 0 Å². The van der Waals surface area contributed by atoms with E-state index in [9.17, 15) is 10.2 Å². The van der Waals surface area contributed by atoms with Crippen molar-refractivity contribution < 1.29 is 24.4 Å². The van der Waals surface area contributed by atoms with Crippen molar-refractivity contribution in [3.05, 3.63) is 108 Å². The third kappa shape index (κ3) is 7.58. The maximum Gasteiger partial charge on any atom is 0.115 e. The fourth-order valence-electron chi connectivity index (χ4n) is 3.28. The van der Waals surface area contributed by atoms with Gasteiger partial charge in [0.2, 0.25) is 0 Å². The Labute approximate surface area is 183 Å². The van der Waals surface area contributed by atoms with Gasteiger partial charge in [0.1, 0.15) is 18.3 Å². The largest absolute Gasteiger partial charge is 0.394 e. The van der Waals surface area contributed by atoms with Gasteiger partial charge in [0.05, 0.1) is 33.0 Å². The molecule has 0 aliphatic carbocycles. The zero-order valence-corrected chi connectivity index (χ0v) is 17.5. The molecule has 0 radical (unpaired) electrons. The molecule has 2 N–H and O–H groups in total. The van der Waals surface area contributed by atoms with Crippen molar-refractivity contribution in [3.63, 3.8) is 0 Å². The molecule has 3 aromatic rings. The van der Waals surface area contributed by atoms with Gasteiger partial charge in [-0.3, -0.25) is 0 Å². The van der Waals surface area contributed by atoms with Gasteiger partial charge in [0.25, 0.3) is 0 Å². The highest BCUT2D eigenvalue weighted by Crippen LogP contribution is 2.18. The molecule has 0 spiro atoms. The molecule has 0 heterocycles. The van der Waals surface area contributed by atoms with Crippen LogP contribution in [0.2, 0.25) is 0 Å². The minimum Gasteiger partial charge on any atom is -0.394 e. The van der Waals surface area contributed by atoms with Crippen LogP contribution in [0, 0.1) is 0 Å². The maximum atomic E-state index is 10.1. The summed E-state index contributed by atoms with van der Waals surface area (Å²) in [5, 5.41) is 20.1. The second-order valence-corrected chi connectivity index (χ2v) is 7.30. The Morgan fingerprint density at radius 3 is 1.13 bits per heavy atom. The number of ether oxygens (including phenoxy) is 3. The molecule has 0 saturated heterocycles. The molecule has 0 bridgehead atoms. The SMILES string of the molecule is OC[C@H](OCc1ccccc1)[C@H](OCc1ccccc1)[C@@H](CO)OCc1ccccc1. The van der Waals surface area contributed by atoms with Crippen molar-refractivity contribution in [3.8, 4) is 0 Å². The van der Waals surface area contributed by atoms with Crippen LogP contribution in [0.3, 0.4) is 0 Å². The molecule has 0 saturated carbocycles. The van der Waals surface area contributed by atoms with E-state index in [1.165, 1.54) is 0 Å². The molecule has 164 valence electrons. The molecule has 0 fully saturated rings. The zero-order valence-electron chi connectivity index (χ0n) is 17.5. The number of aliphatic hydroxyl groups excluding tert-OH is 2. The van der Waals surface area contributed by atoms with Gasteiger partial charge in [-0.15, -0.1) is 0 Å². The molecular weight excluding hydrogens is 392 g/mol. The lowest BCUT2D eigenvalue weighted by molar-refractivity contribution is -0.170. The van der Waals surface area contributed by atoms with Crippen molar-refractivity contribution in [1.82, 2.24) is 0 Å². The molecule has 31 heavy (non-hydrogen) atoms. The zero-order chi connectivity index (χ0) is 21.7. The first-order valence-corrected chi connectivity index (χ1v) is 10.5. The molecule has 3 atom stereocenters. The van der Waals surface area contributed by atoms with Gasteiger partial charge < -0.3 is 24.4 Å². The van der Waals surface area contributed by atoms with Crippen LogP contribution < -0.4 is 0 Å². The molecule has 0 unspecified atom stereocenters. The van der Waals surface area contributed by atoms with Crippen LogP contribution in [0.15, 0.2) is 91.0 Å². The van der Waals surface area contributed by atoms with Crippen LogP contribution in [-0.4, -0.2) is 41.7 Å². The summed E-state index contributed by atoms with van der Waals surface area (Å²) in [6.07, 6.45) is -1.96. The van der Waals surface area contributed by atoms with Crippen LogP contribution in [0.1, 0.15) is 16.7 Å².